The highest BCUT2D eigenvalue weighted by Gasteiger charge is 2.15. The number of anilines is 1. The van der Waals surface area contributed by atoms with Gasteiger partial charge in [-0.15, -0.1) is 11.3 Å². The Labute approximate surface area is 127 Å². The minimum atomic E-state index is 0.749. The van der Waals surface area contributed by atoms with Crippen molar-refractivity contribution in [3.63, 3.8) is 0 Å². The summed E-state index contributed by atoms with van der Waals surface area (Å²) in [5, 5.41) is 1.81. The molecule has 2 heterocycles. The van der Waals surface area contributed by atoms with Gasteiger partial charge in [0.2, 0.25) is 0 Å². The molecule has 0 spiro atoms. The summed E-state index contributed by atoms with van der Waals surface area (Å²) in [6.07, 6.45) is 6.82. The first-order valence-electron chi connectivity index (χ1n) is 7.11. The summed E-state index contributed by atoms with van der Waals surface area (Å²) < 4.78 is 0. The molecule has 1 saturated carbocycles. The lowest BCUT2D eigenvalue weighted by Gasteiger charge is -2.20. The average Bonchev–Trinajstić information content (AvgIpc) is 2.85. The van der Waals surface area contributed by atoms with E-state index >= 15 is 0 Å². The second-order valence-corrected chi connectivity index (χ2v) is 7.80. The van der Waals surface area contributed by atoms with Crippen LogP contribution in [0.2, 0.25) is 0 Å². The molecule has 0 unspecified atom stereocenters. The molecule has 1 aliphatic carbocycles. The standard InChI is InChI=1S/C14H20N4S2/c1-9-7-11-13(18-15)16-12(17-14(11)20-9)8-19-10-5-3-2-4-6-10/h7,10H,2-6,8,15H2,1H3,(H,16,17,18). The van der Waals surface area contributed by atoms with Gasteiger partial charge in [0.05, 0.1) is 11.1 Å². The number of aromatic nitrogens is 2. The molecule has 0 aliphatic heterocycles. The summed E-state index contributed by atoms with van der Waals surface area (Å²) in [4.78, 5) is 11.5. The Balaban J connectivity index is 1.76. The van der Waals surface area contributed by atoms with E-state index in [1.807, 2.05) is 11.8 Å². The molecule has 0 atom stereocenters. The van der Waals surface area contributed by atoms with Gasteiger partial charge in [0, 0.05) is 10.1 Å². The number of nitrogens with zero attached hydrogens (tertiary/aromatic N) is 2. The Hall–Kier alpha value is -0.850. The summed E-state index contributed by atoms with van der Waals surface area (Å²) in [6, 6.07) is 2.09. The highest BCUT2D eigenvalue weighted by molar-refractivity contribution is 7.99. The Morgan fingerprint density at radius 1 is 1.35 bits per heavy atom. The summed E-state index contributed by atoms with van der Waals surface area (Å²) in [7, 11) is 0. The first kappa shape index (κ1) is 14.1. The van der Waals surface area contributed by atoms with Crippen molar-refractivity contribution in [2.75, 3.05) is 5.43 Å². The predicted octanol–water partition coefficient (Wildman–Crippen LogP) is 3.85. The summed E-state index contributed by atoms with van der Waals surface area (Å²) in [6.45, 7) is 2.09. The number of rotatable bonds is 4. The van der Waals surface area contributed by atoms with Crippen molar-refractivity contribution in [1.82, 2.24) is 9.97 Å². The monoisotopic (exact) mass is 308 g/mol. The van der Waals surface area contributed by atoms with Gasteiger partial charge in [0.15, 0.2) is 5.82 Å². The van der Waals surface area contributed by atoms with Crippen LogP contribution in [-0.2, 0) is 5.75 Å². The maximum Gasteiger partial charge on any atom is 0.152 e. The van der Waals surface area contributed by atoms with Crippen LogP contribution < -0.4 is 11.3 Å². The third kappa shape index (κ3) is 3.07. The molecule has 2 aromatic heterocycles. The first-order valence-corrected chi connectivity index (χ1v) is 8.98. The molecule has 3 N–H and O–H groups in total. The van der Waals surface area contributed by atoms with Gasteiger partial charge in [0.1, 0.15) is 10.7 Å². The highest BCUT2D eigenvalue weighted by Crippen LogP contribution is 2.32. The van der Waals surface area contributed by atoms with Gasteiger partial charge < -0.3 is 5.43 Å². The van der Waals surface area contributed by atoms with Crippen molar-refractivity contribution in [3.05, 3.63) is 16.8 Å². The second-order valence-electron chi connectivity index (χ2n) is 5.28. The van der Waals surface area contributed by atoms with Crippen LogP contribution in [0.5, 0.6) is 0 Å². The van der Waals surface area contributed by atoms with E-state index in [1.165, 1.54) is 37.0 Å². The van der Waals surface area contributed by atoms with E-state index < -0.39 is 0 Å². The smallest absolute Gasteiger partial charge is 0.152 e. The fourth-order valence-corrected chi connectivity index (χ4v) is 4.76. The minimum Gasteiger partial charge on any atom is -0.308 e. The van der Waals surface area contributed by atoms with Gasteiger partial charge in [-0.3, -0.25) is 0 Å². The third-order valence-electron chi connectivity index (χ3n) is 3.70. The molecule has 0 amide bonds. The zero-order valence-electron chi connectivity index (χ0n) is 11.7. The normalized spacial score (nSPS) is 16.7. The summed E-state index contributed by atoms with van der Waals surface area (Å²) >= 11 is 3.70. The van der Waals surface area contributed by atoms with E-state index in [9.17, 15) is 0 Å². The summed E-state index contributed by atoms with van der Waals surface area (Å²) in [5.41, 5.74) is 2.71. The van der Waals surface area contributed by atoms with Crippen molar-refractivity contribution in [3.8, 4) is 0 Å². The number of nitrogens with two attached hydrogens (primary N) is 1. The molecular formula is C14H20N4S2. The summed E-state index contributed by atoms with van der Waals surface area (Å²) in [5.74, 6) is 8.11. The molecule has 1 fully saturated rings. The Bertz CT molecular complexity index is 590. The van der Waals surface area contributed by atoms with Crippen LogP contribution >= 0.6 is 23.1 Å². The number of nitrogens with one attached hydrogen (secondary N) is 1. The molecule has 0 aromatic carbocycles. The van der Waals surface area contributed by atoms with Crippen molar-refractivity contribution >= 4 is 39.1 Å². The Kier molecular flexibility index (Phi) is 4.43. The van der Waals surface area contributed by atoms with Crippen LogP contribution in [0.25, 0.3) is 10.2 Å². The molecule has 20 heavy (non-hydrogen) atoms. The number of hydrazine groups is 1. The molecule has 0 radical (unpaired) electrons. The van der Waals surface area contributed by atoms with Crippen molar-refractivity contribution in [1.29, 1.82) is 0 Å². The maximum absolute atomic E-state index is 5.59. The molecule has 0 saturated heterocycles. The molecule has 108 valence electrons. The van der Waals surface area contributed by atoms with Gasteiger partial charge in [-0.2, -0.15) is 11.8 Å². The van der Waals surface area contributed by atoms with Crippen molar-refractivity contribution < 1.29 is 0 Å². The van der Waals surface area contributed by atoms with E-state index in [0.717, 1.165) is 32.9 Å². The van der Waals surface area contributed by atoms with Crippen LogP contribution in [0.15, 0.2) is 6.07 Å². The van der Waals surface area contributed by atoms with Crippen molar-refractivity contribution in [2.45, 2.75) is 50.0 Å². The average molecular weight is 308 g/mol. The Morgan fingerprint density at radius 2 is 2.15 bits per heavy atom. The third-order valence-corrected chi connectivity index (χ3v) is 6.01. The molecular weight excluding hydrogens is 288 g/mol. The SMILES string of the molecule is Cc1cc2c(NN)nc(CSC3CCCCC3)nc2s1. The number of fused-ring (bicyclic) bond motifs is 1. The van der Waals surface area contributed by atoms with E-state index in [1.54, 1.807) is 11.3 Å². The molecule has 4 nitrogen and oxygen atoms in total. The predicted molar refractivity (Wildman–Crippen MR) is 88.1 cm³/mol. The topological polar surface area (TPSA) is 63.8 Å². The van der Waals surface area contributed by atoms with Crippen molar-refractivity contribution in [2.24, 2.45) is 5.84 Å². The van der Waals surface area contributed by atoms with Gasteiger partial charge >= 0.3 is 0 Å². The molecule has 0 bridgehead atoms. The number of hydrogen-bond acceptors (Lipinski definition) is 6. The van der Waals surface area contributed by atoms with Crippen LogP contribution in [-0.4, -0.2) is 15.2 Å². The van der Waals surface area contributed by atoms with E-state index in [0.29, 0.717) is 0 Å². The number of nitrogen functional groups attached to an aromatic ring is 1. The largest absolute Gasteiger partial charge is 0.308 e. The van der Waals surface area contributed by atoms with Gasteiger partial charge in [-0.05, 0) is 25.8 Å². The molecule has 2 aromatic rings. The quantitative estimate of drug-likeness (QED) is 0.663. The minimum absolute atomic E-state index is 0.749. The zero-order valence-corrected chi connectivity index (χ0v) is 13.3. The number of hydrogen-bond donors (Lipinski definition) is 2. The van der Waals surface area contributed by atoms with Crippen LogP contribution in [0, 0.1) is 6.92 Å². The maximum atomic E-state index is 5.59. The lowest BCUT2D eigenvalue weighted by molar-refractivity contribution is 0.516. The number of aryl methyl sites for hydroxylation is 1. The van der Waals surface area contributed by atoms with Crippen LogP contribution in [0.4, 0.5) is 5.82 Å². The highest BCUT2D eigenvalue weighted by atomic mass is 32.2. The van der Waals surface area contributed by atoms with E-state index in [-0.39, 0.29) is 0 Å². The fraction of sp³-hybridized carbons (Fsp3) is 0.571. The molecule has 3 rings (SSSR count). The second kappa shape index (κ2) is 6.28. The lowest BCUT2D eigenvalue weighted by Crippen LogP contribution is -2.12. The lowest BCUT2D eigenvalue weighted by atomic mass is 10.0. The van der Waals surface area contributed by atoms with E-state index in [2.05, 4.69) is 28.4 Å². The number of thioether (sulfide) groups is 1. The van der Waals surface area contributed by atoms with Gasteiger partial charge in [-0.25, -0.2) is 15.8 Å². The van der Waals surface area contributed by atoms with Crippen LogP contribution in [0.1, 0.15) is 42.8 Å². The van der Waals surface area contributed by atoms with Gasteiger partial charge in [0.25, 0.3) is 0 Å². The first-order chi connectivity index (χ1) is 9.76. The molecule has 1 aliphatic rings. The fourth-order valence-electron chi connectivity index (χ4n) is 2.68. The zero-order chi connectivity index (χ0) is 13.9. The van der Waals surface area contributed by atoms with Gasteiger partial charge in [-0.1, -0.05) is 19.3 Å². The molecule has 6 heteroatoms. The van der Waals surface area contributed by atoms with E-state index in [4.69, 9.17) is 5.84 Å². The number of thiophene rings is 1. The van der Waals surface area contributed by atoms with Crippen LogP contribution in [0.3, 0.4) is 0 Å². The Morgan fingerprint density at radius 3 is 2.90 bits per heavy atom.